The molecule has 2 aromatic carbocycles. The highest BCUT2D eigenvalue weighted by atomic mass is 16.5. The van der Waals surface area contributed by atoms with Gasteiger partial charge in [-0.15, -0.1) is 0 Å². The van der Waals surface area contributed by atoms with E-state index in [9.17, 15) is 9.59 Å². The van der Waals surface area contributed by atoms with Gasteiger partial charge < -0.3 is 19.4 Å². The highest BCUT2D eigenvalue weighted by molar-refractivity contribution is 5.94. The van der Waals surface area contributed by atoms with E-state index in [-0.39, 0.29) is 17.7 Å². The van der Waals surface area contributed by atoms with E-state index in [1.165, 1.54) is 0 Å². The highest BCUT2D eigenvalue weighted by Gasteiger charge is 2.26. The molecule has 3 heterocycles. The molecule has 0 unspecified atom stereocenters. The minimum Gasteiger partial charge on any atom is -0.487 e. The molecule has 0 atom stereocenters. The zero-order chi connectivity index (χ0) is 24.7. The highest BCUT2D eigenvalue weighted by Crippen LogP contribution is 2.20. The SMILES string of the molecule is O=C(Nc1ccccc1)C1CCN(C(=O)/C=C/c2ccc(OCc3cn4ccccc4n3)cc2)CC1. The number of ether oxygens (including phenoxy) is 1. The van der Waals surface area contributed by atoms with E-state index in [1.807, 2.05) is 95.7 Å². The first kappa shape index (κ1) is 23.4. The summed E-state index contributed by atoms with van der Waals surface area (Å²) in [5, 5.41) is 2.96. The molecule has 0 saturated carbocycles. The summed E-state index contributed by atoms with van der Waals surface area (Å²) in [6.07, 6.45) is 8.64. The largest absolute Gasteiger partial charge is 0.487 e. The molecule has 0 bridgehead atoms. The molecule has 1 fully saturated rings. The fourth-order valence-electron chi connectivity index (χ4n) is 4.29. The number of amides is 2. The van der Waals surface area contributed by atoms with Crippen molar-refractivity contribution >= 4 is 29.2 Å². The number of hydrogen-bond acceptors (Lipinski definition) is 4. The van der Waals surface area contributed by atoms with Crippen LogP contribution in [0.15, 0.2) is 91.3 Å². The number of aromatic nitrogens is 2. The molecule has 4 aromatic rings. The third kappa shape index (κ3) is 5.81. The second-order valence-electron chi connectivity index (χ2n) is 8.84. The van der Waals surface area contributed by atoms with Crippen LogP contribution in [0.3, 0.4) is 0 Å². The second kappa shape index (κ2) is 10.9. The van der Waals surface area contributed by atoms with Gasteiger partial charge in [0.15, 0.2) is 0 Å². The van der Waals surface area contributed by atoms with Crippen LogP contribution < -0.4 is 10.1 Å². The lowest BCUT2D eigenvalue weighted by atomic mass is 9.95. The lowest BCUT2D eigenvalue weighted by molar-refractivity contribution is -0.130. The summed E-state index contributed by atoms with van der Waals surface area (Å²) in [6, 6.07) is 22.9. The summed E-state index contributed by atoms with van der Waals surface area (Å²) in [5.74, 6) is 0.647. The molecular weight excluding hydrogens is 452 g/mol. The lowest BCUT2D eigenvalue weighted by Gasteiger charge is -2.30. The number of benzene rings is 2. The molecule has 1 saturated heterocycles. The summed E-state index contributed by atoms with van der Waals surface area (Å²) in [7, 11) is 0. The Hall–Kier alpha value is -4.39. The maximum absolute atomic E-state index is 12.6. The van der Waals surface area contributed by atoms with Crippen LogP contribution in [0.5, 0.6) is 5.75 Å². The van der Waals surface area contributed by atoms with Gasteiger partial charge in [-0.2, -0.15) is 0 Å². The Balaban J connectivity index is 1.08. The molecule has 0 aliphatic carbocycles. The molecule has 5 rings (SSSR count). The van der Waals surface area contributed by atoms with Crippen molar-refractivity contribution in [3.8, 4) is 5.75 Å². The number of nitrogens with one attached hydrogen (secondary N) is 1. The first-order chi connectivity index (χ1) is 17.6. The van der Waals surface area contributed by atoms with Gasteiger partial charge in [-0.05, 0) is 60.9 Å². The fraction of sp³-hybridized carbons (Fsp3) is 0.207. The van der Waals surface area contributed by atoms with Crippen molar-refractivity contribution in [1.29, 1.82) is 0 Å². The lowest BCUT2D eigenvalue weighted by Crippen LogP contribution is -2.40. The Bertz CT molecular complexity index is 1320. The third-order valence-corrected chi connectivity index (χ3v) is 6.32. The summed E-state index contributed by atoms with van der Waals surface area (Å²) < 4.78 is 7.82. The number of nitrogens with zero attached hydrogens (tertiary/aromatic N) is 3. The number of fused-ring (bicyclic) bond motifs is 1. The first-order valence-electron chi connectivity index (χ1n) is 12.1. The molecule has 7 nitrogen and oxygen atoms in total. The van der Waals surface area contributed by atoms with Crippen LogP contribution in [0.25, 0.3) is 11.7 Å². The zero-order valence-electron chi connectivity index (χ0n) is 19.9. The quantitative estimate of drug-likeness (QED) is 0.386. The van der Waals surface area contributed by atoms with Crippen LogP contribution in [-0.4, -0.2) is 39.2 Å². The van der Waals surface area contributed by atoms with Gasteiger partial charge in [-0.1, -0.05) is 36.4 Å². The normalized spacial score (nSPS) is 14.3. The fourth-order valence-corrected chi connectivity index (χ4v) is 4.29. The minimum atomic E-state index is -0.0775. The molecule has 182 valence electrons. The number of anilines is 1. The van der Waals surface area contributed by atoms with Crippen LogP contribution >= 0.6 is 0 Å². The molecular formula is C29H28N4O3. The van der Waals surface area contributed by atoms with Crippen LogP contribution in [0, 0.1) is 5.92 Å². The maximum Gasteiger partial charge on any atom is 0.246 e. The molecule has 2 amide bonds. The Labute approximate surface area is 210 Å². The third-order valence-electron chi connectivity index (χ3n) is 6.32. The average Bonchev–Trinajstić information content (AvgIpc) is 3.35. The van der Waals surface area contributed by atoms with E-state index in [0.29, 0.717) is 32.5 Å². The summed E-state index contributed by atoms with van der Waals surface area (Å²) in [4.78, 5) is 31.5. The smallest absolute Gasteiger partial charge is 0.246 e. The molecule has 0 radical (unpaired) electrons. The predicted molar refractivity (Wildman–Crippen MR) is 139 cm³/mol. The van der Waals surface area contributed by atoms with Gasteiger partial charge in [0.1, 0.15) is 18.0 Å². The zero-order valence-corrected chi connectivity index (χ0v) is 19.9. The molecule has 36 heavy (non-hydrogen) atoms. The first-order valence-corrected chi connectivity index (χ1v) is 12.1. The van der Waals surface area contributed by atoms with Gasteiger partial charge in [0.25, 0.3) is 0 Å². The number of carbonyl (C=O) groups excluding carboxylic acids is 2. The molecule has 7 heteroatoms. The van der Waals surface area contributed by atoms with E-state index in [4.69, 9.17) is 4.74 Å². The number of imidazole rings is 1. The van der Waals surface area contributed by atoms with Crippen LogP contribution in [0.1, 0.15) is 24.1 Å². The van der Waals surface area contributed by atoms with E-state index < -0.39 is 0 Å². The molecule has 1 N–H and O–H groups in total. The Morgan fingerprint density at radius 3 is 2.47 bits per heavy atom. The molecule has 2 aromatic heterocycles. The number of para-hydroxylation sites is 1. The van der Waals surface area contributed by atoms with Gasteiger partial charge >= 0.3 is 0 Å². The standard InChI is InChI=1S/C29H28N4O3/c34-28(32-18-15-23(16-19-32)29(35)31-24-6-2-1-3-7-24)14-11-22-9-12-26(13-10-22)36-21-25-20-33-17-5-4-8-27(33)30-25/h1-14,17,20,23H,15-16,18-19,21H2,(H,31,35)/b14-11+. The molecule has 1 aliphatic heterocycles. The predicted octanol–water partition coefficient (Wildman–Crippen LogP) is 4.80. The molecule has 0 spiro atoms. The van der Waals surface area contributed by atoms with Gasteiger partial charge in [0.05, 0.1) is 5.69 Å². The van der Waals surface area contributed by atoms with Crippen LogP contribution in [0.2, 0.25) is 0 Å². The minimum absolute atomic E-state index is 0.0207. The van der Waals surface area contributed by atoms with Crippen molar-refractivity contribution in [3.05, 3.63) is 103 Å². The number of rotatable bonds is 7. The summed E-state index contributed by atoms with van der Waals surface area (Å²) in [6.45, 7) is 1.53. The maximum atomic E-state index is 12.6. The van der Waals surface area contributed by atoms with Gasteiger partial charge in [0.2, 0.25) is 11.8 Å². The van der Waals surface area contributed by atoms with E-state index in [0.717, 1.165) is 28.3 Å². The van der Waals surface area contributed by atoms with Crippen molar-refractivity contribution in [2.45, 2.75) is 19.4 Å². The second-order valence-corrected chi connectivity index (χ2v) is 8.84. The molecule has 1 aliphatic rings. The van der Waals surface area contributed by atoms with Crippen LogP contribution in [-0.2, 0) is 16.2 Å². The van der Waals surface area contributed by atoms with E-state index >= 15 is 0 Å². The van der Waals surface area contributed by atoms with Crippen molar-refractivity contribution in [2.24, 2.45) is 5.92 Å². The van der Waals surface area contributed by atoms with Gasteiger partial charge in [-0.3, -0.25) is 9.59 Å². The number of likely N-dealkylation sites (tertiary alicyclic amines) is 1. The average molecular weight is 481 g/mol. The number of hydrogen-bond donors (Lipinski definition) is 1. The van der Waals surface area contributed by atoms with Gasteiger partial charge in [0, 0.05) is 43.2 Å². The van der Waals surface area contributed by atoms with E-state index in [1.54, 1.807) is 11.0 Å². The van der Waals surface area contributed by atoms with Crippen molar-refractivity contribution in [1.82, 2.24) is 14.3 Å². The van der Waals surface area contributed by atoms with Crippen molar-refractivity contribution in [3.63, 3.8) is 0 Å². The van der Waals surface area contributed by atoms with Gasteiger partial charge in [-0.25, -0.2) is 4.98 Å². The summed E-state index contributed by atoms with van der Waals surface area (Å²) >= 11 is 0. The van der Waals surface area contributed by atoms with E-state index in [2.05, 4.69) is 10.3 Å². The topological polar surface area (TPSA) is 75.9 Å². The number of piperidine rings is 1. The Morgan fingerprint density at radius 2 is 1.72 bits per heavy atom. The van der Waals surface area contributed by atoms with Crippen molar-refractivity contribution in [2.75, 3.05) is 18.4 Å². The Morgan fingerprint density at radius 1 is 0.972 bits per heavy atom. The van der Waals surface area contributed by atoms with Crippen molar-refractivity contribution < 1.29 is 14.3 Å². The number of carbonyl (C=O) groups is 2. The Kier molecular flexibility index (Phi) is 7.07. The summed E-state index contributed by atoms with van der Waals surface area (Å²) in [5.41, 5.74) is 3.47. The van der Waals surface area contributed by atoms with Crippen LogP contribution in [0.4, 0.5) is 5.69 Å². The number of pyridine rings is 1. The monoisotopic (exact) mass is 480 g/mol.